The van der Waals surface area contributed by atoms with Gasteiger partial charge in [-0.15, -0.1) is 0 Å². The van der Waals surface area contributed by atoms with Crippen molar-refractivity contribution in [2.75, 3.05) is 0 Å². The first-order valence-electron chi connectivity index (χ1n) is 6.82. The maximum Gasteiger partial charge on any atom is 0.309 e. The molecule has 2 aliphatic carbocycles. The van der Waals surface area contributed by atoms with Crippen molar-refractivity contribution in [2.24, 2.45) is 17.8 Å². The van der Waals surface area contributed by atoms with Gasteiger partial charge < -0.3 is 14.9 Å². The van der Waals surface area contributed by atoms with Crippen LogP contribution < -0.4 is 0 Å². The Morgan fingerprint density at radius 1 is 1.42 bits per heavy atom. The Morgan fingerprint density at radius 2 is 2.11 bits per heavy atom. The summed E-state index contributed by atoms with van der Waals surface area (Å²) >= 11 is 0. The molecule has 0 bridgehead atoms. The molecule has 1 aliphatic heterocycles. The van der Waals surface area contributed by atoms with Crippen LogP contribution in [-0.2, 0) is 9.53 Å². The third-order valence-corrected chi connectivity index (χ3v) is 5.26. The lowest BCUT2D eigenvalue weighted by molar-refractivity contribution is -0.143. The van der Waals surface area contributed by atoms with Gasteiger partial charge in [-0.3, -0.25) is 4.79 Å². The van der Waals surface area contributed by atoms with E-state index in [0.717, 1.165) is 5.57 Å². The van der Waals surface area contributed by atoms with E-state index in [9.17, 15) is 15.0 Å². The third-order valence-electron chi connectivity index (χ3n) is 5.26. The van der Waals surface area contributed by atoms with E-state index >= 15 is 0 Å². The molecule has 0 aromatic carbocycles. The smallest absolute Gasteiger partial charge is 0.309 e. The third kappa shape index (κ3) is 1.63. The molecule has 4 heteroatoms. The lowest BCUT2D eigenvalue weighted by Gasteiger charge is -2.32. The highest BCUT2D eigenvalue weighted by Crippen LogP contribution is 2.53. The van der Waals surface area contributed by atoms with Crippen molar-refractivity contribution in [1.29, 1.82) is 0 Å². The first-order chi connectivity index (χ1) is 8.84. The van der Waals surface area contributed by atoms with Crippen molar-refractivity contribution in [1.82, 2.24) is 0 Å². The Morgan fingerprint density at radius 3 is 2.79 bits per heavy atom. The lowest BCUT2D eigenvalue weighted by Crippen LogP contribution is -2.38. The van der Waals surface area contributed by atoms with Crippen molar-refractivity contribution in [3.8, 4) is 0 Å². The quantitative estimate of drug-likeness (QED) is 0.509. The predicted molar refractivity (Wildman–Crippen MR) is 69.1 cm³/mol. The fourth-order valence-corrected chi connectivity index (χ4v) is 3.95. The molecule has 3 rings (SSSR count). The molecule has 3 aliphatic rings. The number of ether oxygens (including phenoxy) is 1. The van der Waals surface area contributed by atoms with Crippen LogP contribution in [0.1, 0.15) is 26.2 Å². The van der Waals surface area contributed by atoms with Crippen molar-refractivity contribution in [3.63, 3.8) is 0 Å². The lowest BCUT2D eigenvalue weighted by atomic mass is 9.77. The van der Waals surface area contributed by atoms with Crippen molar-refractivity contribution in [2.45, 2.75) is 44.0 Å². The molecular formula is C15H20O4. The van der Waals surface area contributed by atoms with E-state index in [1.54, 1.807) is 0 Å². The minimum atomic E-state index is -1.14. The molecule has 19 heavy (non-hydrogen) atoms. The molecule has 2 saturated carbocycles. The van der Waals surface area contributed by atoms with Gasteiger partial charge in [0, 0.05) is 18.3 Å². The number of rotatable bonds is 0. The van der Waals surface area contributed by atoms with E-state index in [-0.39, 0.29) is 29.8 Å². The van der Waals surface area contributed by atoms with E-state index < -0.39 is 11.7 Å². The van der Waals surface area contributed by atoms with E-state index in [0.29, 0.717) is 24.8 Å². The fourth-order valence-electron chi connectivity index (χ4n) is 3.95. The standard InChI is InChI=1S/C15H20O4/c1-7-4-13-10(8(2)14(17)19-13)6-15(18)9(3)12(16)5-11(7)15/h8,10-13,16,18H,1,3-6H2,2H3/t8-,10-,11+,12+,13+,15-/m1/s1. The second-order valence-electron chi connectivity index (χ2n) is 6.25. The normalized spacial score (nSPS) is 49.6. The second-order valence-corrected chi connectivity index (χ2v) is 6.25. The van der Waals surface area contributed by atoms with Crippen LogP contribution in [0.3, 0.4) is 0 Å². The molecule has 3 fully saturated rings. The van der Waals surface area contributed by atoms with Gasteiger partial charge in [0.05, 0.1) is 17.6 Å². The molecular weight excluding hydrogens is 244 g/mol. The number of carbonyl (C=O) groups excluding carboxylic acids is 1. The molecule has 6 atom stereocenters. The summed E-state index contributed by atoms with van der Waals surface area (Å²) in [4.78, 5) is 11.7. The molecule has 0 radical (unpaired) electrons. The van der Waals surface area contributed by atoms with Gasteiger partial charge in [-0.1, -0.05) is 25.7 Å². The molecule has 4 nitrogen and oxygen atoms in total. The number of aliphatic hydroxyl groups is 2. The van der Waals surface area contributed by atoms with E-state index in [2.05, 4.69) is 13.2 Å². The molecule has 0 amide bonds. The molecule has 0 unspecified atom stereocenters. The maximum atomic E-state index is 11.7. The van der Waals surface area contributed by atoms with Gasteiger partial charge in [0.15, 0.2) is 0 Å². The number of aliphatic hydroxyl groups excluding tert-OH is 1. The molecule has 1 saturated heterocycles. The van der Waals surface area contributed by atoms with Crippen molar-refractivity contribution < 1.29 is 19.7 Å². The van der Waals surface area contributed by atoms with Crippen molar-refractivity contribution in [3.05, 3.63) is 24.3 Å². The molecule has 1 heterocycles. The molecule has 2 N–H and O–H groups in total. The van der Waals surface area contributed by atoms with Gasteiger partial charge in [-0.25, -0.2) is 0 Å². The minimum Gasteiger partial charge on any atom is -0.461 e. The second kappa shape index (κ2) is 3.93. The minimum absolute atomic E-state index is 0.0266. The zero-order valence-corrected chi connectivity index (χ0v) is 11.1. The largest absolute Gasteiger partial charge is 0.461 e. The topological polar surface area (TPSA) is 66.8 Å². The maximum absolute atomic E-state index is 11.7. The van der Waals surface area contributed by atoms with Crippen LogP contribution >= 0.6 is 0 Å². The SMILES string of the molecule is C=C1C[C@@H]2OC(=O)[C@H](C)[C@H]2C[C@@]2(O)C(=C)[C@@H](O)C[C@@H]12. The Bertz CT molecular complexity index is 469. The molecule has 0 aromatic rings. The highest BCUT2D eigenvalue weighted by atomic mass is 16.6. The Balaban J connectivity index is 1.99. The summed E-state index contributed by atoms with van der Waals surface area (Å²) in [5, 5.41) is 20.9. The van der Waals surface area contributed by atoms with Gasteiger partial charge in [0.25, 0.3) is 0 Å². The Hall–Kier alpha value is -1.13. The van der Waals surface area contributed by atoms with Crippen molar-refractivity contribution >= 4 is 5.97 Å². The van der Waals surface area contributed by atoms with Crippen LogP contribution in [0.15, 0.2) is 24.3 Å². The Labute approximate surface area is 112 Å². The van der Waals surface area contributed by atoms with Gasteiger partial charge in [0.2, 0.25) is 0 Å². The average Bonchev–Trinajstić information content (AvgIpc) is 2.68. The van der Waals surface area contributed by atoms with Crippen LogP contribution in [-0.4, -0.2) is 34.0 Å². The van der Waals surface area contributed by atoms with Crippen LogP contribution in [0.2, 0.25) is 0 Å². The summed E-state index contributed by atoms with van der Waals surface area (Å²) in [5.74, 6) is -0.618. The monoisotopic (exact) mass is 264 g/mol. The summed E-state index contributed by atoms with van der Waals surface area (Å²) in [6.45, 7) is 9.74. The summed E-state index contributed by atoms with van der Waals surface area (Å²) in [6.07, 6.45) is 0.597. The summed E-state index contributed by atoms with van der Waals surface area (Å²) in [5.41, 5.74) is 0.179. The van der Waals surface area contributed by atoms with Crippen LogP contribution in [0.5, 0.6) is 0 Å². The van der Waals surface area contributed by atoms with Gasteiger partial charge in [0.1, 0.15) is 6.10 Å². The molecule has 104 valence electrons. The number of fused-ring (bicyclic) bond motifs is 2. The predicted octanol–water partition coefficient (Wildman–Crippen LogP) is 1.18. The van der Waals surface area contributed by atoms with Gasteiger partial charge >= 0.3 is 5.97 Å². The zero-order valence-electron chi connectivity index (χ0n) is 11.1. The summed E-state index contributed by atoms with van der Waals surface area (Å²) in [7, 11) is 0. The molecule has 0 spiro atoms. The zero-order chi connectivity index (χ0) is 13.9. The number of esters is 1. The van der Waals surface area contributed by atoms with Gasteiger partial charge in [-0.05, 0) is 18.4 Å². The fraction of sp³-hybridized carbons (Fsp3) is 0.667. The number of hydrogen-bond donors (Lipinski definition) is 2. The number of hydrogen-bond acceptors (Lipinski definition) is 4. The highest BCUT2D eigenvalue weighted by molar-refractivity contribution is 5.75. The van der Waals surface area contributed by atoms with Gasteiger partial charge in [-0.2, -0.15) is 0 Å². The molecule has 0 aromatic heterocycles. The van der Waals surface area contributed by atoms with Crippen LogP contribution in [0.25, 0.3) is 0 Å². The number of carbonyl (C=O) groups is 1. The average molecular weight is 264 g/mol. The van der Waals surface area contributed by atoms with Crippen LogP contribution in [0.4, 0.5) is 0 Å². The highest BCUT2D eigenvalue weighted by Gasteiger charge is 2.57. The van der Waals surface area contributed by atoms with E-state index in [1.165, 1.54) is 0 Å². The first-order valence-corrected chi connectivity index (χ1v) is 6.82. The van der Waals surface area contributed by atoms with Crippen LogP contribution in [0, 0.1) is 17.8 Å². The van der Waals surface area contributed by atoms with E-state index in [1.807, 2.05) is 6.92 Å². The first kappa shape index (κ1) is 12.9. The van der Waals surface area contributed by atoms with E-state index in [4.69, 9.17) is 4.74 Å². The summed E-state index contributed by atoms with van der Waals surface area (Å²) < 4.78 is 5.40. The Kier molecular flexibility index (Phi) is 2.67. The summed E-state index contributed by atoms with van der Waals surface area (Å²) in [6, 6.07) is 0.